The third kappa shape index (κ3) is 4.74. The number of benzene rings is 2. The summed E-state index contributed by atoms with van der Waals surface area (Å²) in [6.07, 6.45) is 0.825. The summed E-state index contributed by atoms with van der Waals surface area (Å²) in [5.74, 6) is -0.638. The maximum absolute atomic E-state index is 12.1. The molecule has 2 aromatic carbocycles. The zero-order chi connectivity index (χ0) is 15.8. The molecular weight excluding hydrogens is 280 g/mol. The van der Waals surface area contributed by atoms with Gasteiger partial charge in [-0.05, 0) is 29.7 Å². The van der Waals surface area contributed by atoms with Gasteiger partial charge < -0.3 is 9.47 Å². The molecule has 114 valence electrons. The molecule has 22 heavy (non-hydrogen) atoms. The van der Waals surface area contributed by atoms with E-state index in [1.54, 1.807) is 18.2 Å². The van der Waals surface area contributed by atoms with Crippen molar-refractivity contribution in [2.75, 3.05) is 7.11 Å². The van der Waals surface area contributed by atoms with Crippen molar-refractivity contribution >= 4 is 11.9 Å². The van der Waals surface area contributed by atoms with Crippen molar-refractivity contribution in [1.29, 1.82) is 0 Å². The van der Waals surface area contributed by atoms with Crippen LogP contribution in [-0.2, 0) is 27.3 Å². The van der Waals surface area contributed by atoms with E-state index in [4.69, 9.17) is 4.74 Å². The maximum Gasteiger partial charge on any atom is 0.338 e. The highest BCUT2D eigenvalue weighted by Gasteiger charge is 2.09. The first-order valence-corrected chi connectivity index (χ1v) is 7.06. The Morgan fingerprint density at radius 3 is 2.41 bits per heavy atom. The maximum atomic E-state index is 12.1. The van der Waals surface area contributed by atoms with Crippen LogP contribution < -0.4 is 0 Å². The number of methoxy groups -OCH3 is 1. The molecule has 0 saturated carbocycles. The van der Waals surface area contributed by atoms with Gasteiger partial charge in [0.1, 0.15) is 6.61 Å². The highest BCUT2D eigenvalue weighted by Crippen LogP contribution is 2.11. The largest absolute Gasteiger partial charge is 0.469 e. The van der Waals surface area contributed by atoms with Gasteiger partial charge in [0.15, 0.2) is 0 Å². The van der Waals surface area contributed by atoms with Gasteiger partial charge in [0.25, 0.3) is 0 Å². The molecule has 0 aliphatic rings. The summed E-state index contributed by atoms with van der Waals surface area (Å²) in [6.45, 7) is 0.242. The second-order valence-corrected chi connectivity index (χ2v) is 4.84. The molecule has 0 aromatic heterocycles. The Hall–Kier alpha value is -2.62. The van der Waals surface area contributed by atoms with Gasteiger partial charge in [-0.15, -0.1) is 0 Å². The van der Waals surface area contributed by atoms with Gasteiger partial charge in [-0.2, -0.15) is 0 Å². The fourth-order valence-corrected chi connectivity index (χ4v) is 2.01. The zero-order valence-electron chi connectivity index (χ0n) is 12.5. The zero-order valence-corrected chi connectivity index (χ0v) is 12.5. The Morgan fingerprint density at radius 2 is 1.68 bits per heavy atom. The first kappa shape index (κ1) is 15.8. The molecule has 0 aliphatic carbocycles. The topological polar surface area (TPSA) is 52.6 Å². The average molecular weight is 298 g/mol. The molecule has 0 bridgehead atoms. The lowest BCUT2D eigenvalue weighted by Gasteiger charge is -2.06. The van der Waals surface area contributed by atoms with E-state index in [1.807, 2.05) is 36.4 Å². The standard InChI is InChI=1S/C18H18O4/c1-21-17(19)11-10-14-8-5-9-16(12-14)18(20)22-13-15-6-3-2-4-7-15/h2-9,12H,10-11,13H2,1H3. The van der Waals surface area contributed by atoms with Gasteiger partial charge >= 0.3 is 11.9 Å². The average Bonchev–Trinajstić information content (AvgIpc) is 2.58. The highest BCUT2D eigenvalue weighted by molar-refractivity contribution is 5.89. The second-order valence-electron chi connectivity index (χ2n) is 4.84. The van der Waals surface area contributed by atoms with E-state index >= 15 is 0 Å². The lowest BCUT2D eigenvalue weighted by atomic mass is 10.1. The number of hydrogen-bond donors (Lipinski definition) is 0. The van der Waals surface area contributed by atoms with Crippen molar-refractivity contribution in [2.24, 2.45) is 0 Å². The Kier molecular flexibility index (Phi) is 5.72. The van der Waals surface area contributed by atoms with E-state index in [0.717, 1.165) is 11.1 Å². The molecule has 0 atom stereocenters. The first-order valence-electron chi connectivity index (χ1n) is 7.06. The van der Waals surface area contributed by atoms with E-state index in [-0.39, 0.29) is 18.5 Å². The summed E-state index contributed by atoms with van der Waals surface area (Å²) in [6, 6.07) is 16.6. The van der Waals surface area contributed by atoms with Crippen LogP contribution in [-0.4, -0.2) is 19.0 Å². The molecule has 2 rings (SSSR count). The van der Waals surface area contributed by atoms with Crippen LogP contribution in [0.25, 0.3) is 0 Å². The number of carbonyl (C=O) groups is 2. The van der Waals surface area contributed by atoms with Crippen LogP contribution in [0, 0.1) is 0 Å². The van der Waals surface area contributed by atoms with Crippen LogP contribution in [0.1, 0.15) is 27.9 Å². The normalized spacial score (nSPS) is 10.0. The molecule has 0 N–H and O–H groups in total. The van der Waals surface area contributed by atoms with Crippen LogP contribution in [0.2, 0.25) is 0 Å². The molecule has 0 amide bonds. The van der Waals surface area contributed by atoms with Crippen LogP contribution in [0.15, 0.2) is 54.6 Å². The SMILES string of the molecule is COC(=O)CCc1cccc(C(=O)OCc2ccccc2)c1. The van der Waals surface area contributed by atoms with Crippen LogP contribution >= 0.6 is 0 Å². The van der Waals surface area contributed by atoms with Gasteiger partial charge in [-0.25, -0.2) is 4.79 Å². The number of esters is 2. The van der Waals surface area contributed by atoms with E-state index in [0.29, 0.717) is 18.4 Å². The Labute approximate surface area is 129 Å². The van der Waals surface area contributed by atoms with Crippen molar-refractivity contribution in [3.63, 3.8) is 0 Å². The van der Waals surface area contributed by atoms with Gasteiger partial charge in [0.2, 0.25) is 0 Å². The van der Waals surface area contributed by atoms with Crippen LogP contribution in [0.3, 0.4) is 0 Å². The summed E-state index contributed by atoms with van der Waals surface area (Å²) in [4.78, 5) is 23.2. The summed E-state index contributed by atoms with van der Waals surface area (Å²) in [7, 11) is 1.36. The fourth-order valence-electron chi connectivity index (χ4n) is 2.01. The second kappa shape index (κ2) is 7.98. The van der Waals surface area contributed by atoms with Crippen molar-refractivity contribution in [3.8, 4) is 0 Å². The number of aryl methyl sites for hydroxylation is 1. The number of hydrogen-bond acceptors (Lipinski definition) is 4. The third-order valence-corrected chi connectivity index (χ3v) is 3.22. The molecule has 0 unspecified atom stereocenters. The minimum absolute atomic E-state index is 0.242. The smallest absolute Gasteiger partial charge is 0.338 e. The van der Waals surface area contributed by atoms with E-state index < -0.39 is 0 Å². The molecule has 4 nitrogen and oxygen atoms in total. The van der Waals surface area contributed by atoms with Gasteiger partial charge in [-0.3, -0.25) is 4.79 Å². The van der Waals surface area contributed by atoms with Crippen molar-refractivity contribution in [1.82, 2.24) is 0 Å². The lowest BCUT2D eigenvalue weighted by Crippen LogP contribution is -2.06. The van der Waals surface area contributed by atoms with Crippen LogP contribution in [0.4, 0.5) is 0 Å². The lowest BCUT2D eigenvalue weighted by molar-refractivity contribution is -0.140. The van der Waals surface area contributed by atoms with Gasteiger partial charge in [-0.1, -0.05) is 42.5 Å². The minimum Gasteiger partial charge on any atom is -0.469 e. The quantitative estimate of drug-likeness (QED) is 0.769. The van der Waals surface area contributed by atoms with Gasteiger partial charge in [0.05, 0.1) is 12.7 Å². The minimum atomic E-state index is -0.372. The molecule has 4 heteroatoms. The molecule has 0 aliphatic heterocycles. The summed E-state index contributed by atoms with van der Waals surface area (Å²) >= 11 is 0. The van der Waals surface area contributed by atoms with Gasteiger partial charge in [0, 0.05) is 6.42 Å². The number of ether oxygens (including phenoxy) is 2. The van der Waals surface area contributed by atoms with E-state index in [9.17, 15) is 9.59 Å². The van der Waals surface area contributed by atoms with Crippen molar-refractivity contribution in [3.05, 3.63) is 71.3 Å². The summed E-state index contributed by atoms with van der Waals surface area (Å²) < 4.78 is 9.89. The molecule has 0 fully saturated rings. The Morgan fingerprint density at radius 1 is 0.955 bits per heavy atom. The van der Waals surface area contributed by atoms with E-state index in [2.05, 4.69) is 4.74 Å². The number of carbonyl (C=O) groups excluding carboxylic acids is 2. The summed E-state index contributed by atoms with van der Waals surface area (Å²) in [5.41, 5.74) is 2.33. The molecule has 0 radical (unpaired) electrons. The highest BCUT2D eigenvalue weighted by atomic mass is 16.5. The molecule has 2 aromatic rings. The predicted molar refractivity (Wildman–Crippen MR) is 82.3 cm³/mol. The first-order chi connectivity index (χ1) is 10.7. The third-order valence-electron chi connectivity index (χ3n) is 3.22. The fraction of sp³-hybridized carbons (Fsp3) is 0.222. The number of rotatable bonds is 6. The molecule has 0 heterocycles. The monoisotopic (exact) mass is 298 g/mol. The van der Waals surface area contributed by atoms with Crippen molar-refractivity contribution in [2.45, 2.75) is 19.4 Å². The van der Waals surface area contributed by atoms with Crippen LogP contribution in [0.5, 0.6) is 0 Å². The Balaban J connectivity index is 1.93. The molecular formula is C18H18O4. The summed E-state index contributed by atoms with van der Waals surface area (Å²) in [5, 5.41) is 0. The molecule has 0 saturated heterocycles. The predicted octanol–water partition coefficient (Wildman–Crippen LogP) is 3.15. The van der Waals surface area contributed by atoms with E-state index in [1.165, 1.54) is 7.11 Å². The van der Waals surface area contributed by atoms with Crippen molar-refractivity contribution < 1.29 is 19.1 Å². The molecule has 0 spiro atoms. The Bertz CT molecular complexity index is 635.